The zero-order valence-electron chi connectivity index (χ0n) is 8.86. The van der Waals surface area contributed by atoms with E-state index in [0.29, 0.717) is 0 Å². The predicted octanol–water partition coefficient (Wildman–Crippen LogP) is 3.77. The Morgan fingerprint density at radius 2 is 1.60 bits per heavy atom. The number of rotatable bonds is 1. The summed E-state index contributed by atoms with van der Waals surface area (Å²) >= 11 is 0. The Balaban J connectivity index is 0.00000112. The van der Waals surface area contributed by atoms with Gasteiger partial charge in [0.05, 0.1) is 0 Å². The van der Waals surface area contributed by atoms with E-state index in [1.807, 2.05) is 12.1 Å². The Labute approximate surface area is 85.2 Å². The van der Waals surface area contributed by atoms with Crippen LogP contribution in [0.1, 0.15) is 11.1 Å². The van der Waals surface area contributed by atoms with E-state index in [0.717, 1.165) is 0 Å². The molecule has 0 saturated heterocycles. The van der Waals surface area contributed by atoms with Crippen LogP contribution < -0.4 is 0 Å². The van der Waals surface area contributed by atoms with E-state index < -0.39 is 0 Å². The van der Waals surface area contributed by atoms with Crippen molar-refractivity contribution in [2.75, 3.05) is 0 Å². The van der Waals surface area contributed by atoms with Crippen molar-refractivity contribution in [3.63, 3.8) is 0 Å². The molecule has 0 nitrogen and oxygen atoms in total. The van der Waals surface area contributed by atoms with Crippen molar-refractivity contribution in [2.24, 2.45) is 0 Å². The third-order valence-corrected chi connectivity index (χ3v) is 2.46. The molecule has 0 amide bonds. The van der Waals surface area contributed by atoms with E-state index in [4.69, 9.17) is 0 Å². The van der Waals surface area contributed by atoms with Crippen LogP contribution in [0.15, 0.2) is 42.5 Å². The van der Waals surface area contributed by atoms with Crippen LogP contribution in [0.25, 0.3) is 11.1 Å². The molecule has 0 aliphatic rings. The van der Waals surface area contributed by atoms with Crippen LogP contribution in [0.3, 0.4) is 0 Å². The Morgan fingerprint density at radius 1 is 0.933 bits per heavy atom. The first-order chi connectivity index (χ1) is 6.79. The third-order valence-electron chi connectivity index (χ3n) is 2.46. The topological polar surface area (TPSA) is 0 Å². The molecular formula is C14H13Cf-. The van der Waals surface area contributed by atoms with Gasteiger partial charge in [0, 0.05) is 0 Å². The summed E-state index contributed by atoms with van der Waals surface area (Å²) in [6, 6.07) is 17.8. The summed E-state index contributed by atoms with van der Waals surface area (Å²) in [5.74, 6) is 0. The molecule has 0 fully saturated rings. The molecular weight excluding hydrogens is 419 g/mol. The van der Waals surface area contributed by atoms with Crippen LogP contribution in [-0.2, 0) is 0 Å². The van der Waals surface area contributed by atoms with Gasteiger partial charge in [0.15, 0.2) is 0 Å². The fraction of sp³-hybridized carbons (Fsp3) is 0.143. The molecule has 2 rings (SSSR count). The second kappa shape index (κ2) is 4.10. The monoisotopic (exact) mass is 430 g/mol. The van der Waals surface area contributed by atoms with Crippen molar-refractivity contribution < 1.29 is 0 Å². The fourth-order valence-corrected chi connectivity index (χ4v) is 1.79. The molecule has 0 spiro atoms. The van der Waals surface area contributed by atoms with Gasteiger partial charge in [-0.3, -0.25) is 0 Å². The van der Waals surface area contributed by atoms with Gasteiger partial charge in [0.25, 0.3) is 0 Å². The van der Waals surface area contributed by atoms with Crippen molar-refractivity contribution in [3.8, 4) is 11.1 Å². The molecule has 0 heterocycles. The van der Waals surface area contributed by atoms with E-state index in [1.165, 1.54) is 22.3 Å². The first kappa shape index (κ1) is 10.5. The Hall–Kier alpha value is -2.56. The van der Waals surface area contributed by atoms with Crippen LogP contribution in [0.2, 0.25) is 0 Å². The van der Waals surface area contributed by atoms with Gasteiger partial charge in [0.2, 0.25) is 0 Å². The molecule has 15 heavy (non-hydrogen) atoms. The van der Waals surface area contributed by atoms with Gasteiger partial charge in [0.1, 0.15) is 0 Å². The Kier molecular flexibility index (Phi) is 2.88. The van der Waals surface area contributed by atoms with E-state index in [2.05, 4.69) is 50.2 Å². The van der Waals surface area contributed by atoms with Crippen LogP contribution in [0.5, 0.6) is 0 Å². The Bertz CT molecular complexity index is 412. The fourth-order valence-electron chi connectivity index (χ4n) is 1.79. The summed E-state index contributed by atoms with van der Waals surface area (Å²) in [6.45, 7) is 4.25. The minimum Gasteiger partial charge on any atom is -0.180 e. The smallest absolute Gasteiger partial charge is 0 e. The maximum Gasteiger partial charge on any atom is 0 e. The maximum atomic E-state index is 3.24. The van der Waals surface area contributed by atoms with Crippen LogP contribution in [0.4, 0.5) is 0 Å². The van der Waals surface area contributed by atoms with Gasteiger partial charge in [-0.25, -0.2) is 0 Å². The number of aryl methyl sites for hydroxylation is 2. The van der Waals surface area contributed by atoms with Crippen molar-refractivity contribution in [1.29, 1.82) is 0 Å². The minimum atomic E-state index is 0. The largest absolute Gasteiger partial charge is 0.180 e. The Morgan fingerprint density at radius 3 is 2.20 bits per heavy atom. The van der Waals surface area contributed by atoms with Gasteiger partial charge >= 0.3 is 0 Å². The molecule has 0 N–H and O–H groups in total. The zero-order chi connectivity index (χ0) is 9.97. The second-order valence-electron chi connectivity index (χ2n) is 3.53. The van der Waals surface area contributed by atoms with Gasteiger partial charge in [-0.2, -0.15) is 29.3 Å². The van der Waals surface area contributed by atoms with E-state index in [1.54, 1.807) is 0 Å². The second-order valence-corrected chi connectivity index (χ2v) is 3.53. The first-order valence-corrected chi connectivity index (χ1v) is 4.82. The van der Waals surface area contributed by atoms with Crippen molar-refractivity contribution in [2.45, 2.75) is 13.8 Å². The summed E-state index contributed by atoms with van der Waals surface area (Å²) in [5.41, 5.74) is 5.12. The van der Waals surface area contributed by atoms with Crippen LogP contribution in [0, 0.1) is 19.9 Å². The summed E-state index contributed by atoms with van der Waals surface area (Å²) in [6.07, 6.45) is 0. The van der Waals surface area contributed by atoms with Gasteiger partial charge < -0.3 is 0 Å². The van der Waals surface area contributed by atoms with Gasteiger partial charge in [-0.05, 0) is 0 Å². The molecule has 0 saturated carbocycles. The van der Waals surface area contributed by atoms with Gasteiger partial charge in [-0.15, -0.1) is 5.56 Å². The normalized spacial score (nSPS) is 9.47. The number of benzene rings is 2. The van der Waals surface area contributed by atoms with E-state index in [9.17, 15) is 0 Å². The quantitative estimate of drug-likeness (QED) is 0.603. The van der Waals surface area contributed by atoms with Crippen LogP contribution >= 0.6 is 0 Å². The average molecular weight is 432 g/mol. The summed E-state index contributed by atoms with van der Waals surface area (Å²) in [5, 5.41) is 0. The number of hydrogen-bond donors (Lipinski definition) is 0. The van der Waals surface area contributed by atoms with E-state index in [-0.39, 0.29) is 0 Å². The van der Waals surface area contributed by atoms with Gasteiger partial charge in [-0.1, -0.05) is 49.7 Å². The molecule has 80 valence electrons. The standard InChI is InChI=1S/C14H13.Cf/c1-11-7-6-8-12(2)14(11)13-9-4-3-5-10-13;/h3-7,9-10H,1-2H3;/q-1;. The molecule has 1 heteroatoms. The third kappa shape index (κ3) is 1.86. The summed E-state index contributed by atoms with van der Waals surface area (Å²) < 4.78 is 0. The van der Waals surface area contributed by atoms with Crippen molar-refractivity contribution in [3.05, 3.63) is 59.7 Å². The first-order valence-electron chi connectivity index (χ1n) is 4.82. The molecule has 0 unspecified atom stereocenters. The minimum absolute atomic E-state index is 0. The van der Waals surface area contributed by atoms with E-state index >= 15 is 0 Å². The molecule has 2 aromatic rings. The zero-order valence-corrected chi connectivity index (χ0v) is 11.5. The van der Waals surface area contributed by atoms with Crippen molar-refractivity contribution >= 4 is 0 Å². The number of hydrogen-bond acceptors (Lipinski definition) is 0. The molecule has 0 aliphatic carbocycles. The summed E-state index contributed by atoms with van der Waals surface area (Å²) in [4.78, 5) is 0. The maximum absolute atomic E-state index is 3.24. The van der Waals surface area contributed by atoms with Crippen molar-refractivity contribution in [1.82, 2.24) is 0 Å². The summed E-state index contributed by atoms with van der Waals surface area (Å²) in [7, 11) is 0. The molecule has 0 aliphatic heterocycles. The molecule has 0 atom stereocenters. The van der Waals surface area contributed by atoms with Crippen LogP contribution in [-0.4, -0.2) is 0 Å². The SMILES string of the molecule is Cc1[c-]ccc(C)c1-c1ccccc1.[Cf]. The molecule has 2 aromatic carbocycles. The predicted molar refractivity (Wildman–Crippen MR) is 60.2 cm³/mol. The molecule has 0 radical (unpaired) electrons. The molecule has 0 bridgehead atoms. The molecule has 0 aromatic heterocycles. The average Bonchev–Trinajstić information content (AvgIpc) is 2.19.